The Balaban J connectivity index is 2.15. The van der Waals surface area contributed by atoms with Crippen LogP contribution in [0.25, 0.3) is 0 Å². The van der Waals surface area contributed by atoms with E-state index < -0.39 is 0 Å². The molecule has 0 amide bonds. The lowest BCUT2D eigenvalue weighted by Crippen LogP contribution is -2.32. The molecule has 1 heterocycles. The normalized spacial score (nSPS) is 18.8. The highest BCUT2D eigenvalue weighted by Crippen LogP contribution is 2.39. The fourth-order valence-corrected chi connectivity index (χ4v) is 2.44. The van der Waals surface area contributed by atoms with Gasteiger partial charge in [0.15, 0.2) is 0 Å². The van der Waals surface area contributed by atoms with E-state index in [1.807, 2.05) is 6.26 Å². The molecule has 1 fully saturated rings. The van der Waals surface area contributed by atoms with Crippen molar-refractivity contribution >= 4 is 0 Å². The van der Waals surface area contributed by atoms with Crippen molar-refractivity contribution in [2.45, 2.75) is 45.6 Å². The van der Waals surface area contributed by atoms with Gasteiger partial charge in [0.2, 0.25) is 0 Å². The smallest absolute Gasteiger partial charge is 0.108 e. The highest BCUT2D eigenvalue weighted by Gasteiger charge is 2.29. The number of hydrogen-bond acceptors (Lipinski definition) is 2. The summed E-state index contributed by atoms with van der Waals surface area (Å²) in [7, 11) is 0. The van der Waals surface area contributed by atoms with E-state index in [2.05, 4.69) is 25.2 Å². The average molecular weight is 207 g/mol. The Kier molecular flexibility index (Phi) is 3.47. The molecule has 2 nitrogen and oxygen atoms in total. The molecule has 1 aromatic heterocycles. The molecule has 1 aromatic rings. The number of hydrogen-bond donors (Lipinski definition) is 1. The van der Waals surface area contributed by atoms with Crippen LogP contribution in [0.15, 0.2) is 16.7 Å². The lowest BCUT2D eigenvalue weighted by molar-refractivity contribution is 0.231. The van der Waals surface area contributed by atoms with Gasteiger partial charge in [-0.25, -0.2) is 0 Å². The predicted octanol–water partition coefficient (Wildman–Crippen LogP) is 3.29. The Morgan fingerprint density at radius 1 is 1.47 bits per heavy atom. The second kappa shape index (κ2) is 4.84. The zero-order chi connectivity index (χ0) is 10.7. The maximum Gasteiger partial charge on any atom is 0.108 e. The van der Waals surface area contributed by atoms with Gasteiger partial charge in [0.1, 0.15) is 5.76 Å². The van der Waals surface area contributed by atoms with Gasteiger partial charge < -0.3 is 9.73 Å². The Hall–Kier alpha value is -0.760. The minimum Gasteiger partial charge on any atom is -0.469 e. The van der Waals surface area contributed by atoms with E-state index in [-0.39, 0.29) is 0 Å². The third-order valence-corrected chi connectivity index (χ3v) is 3.48. The van der Waals surface area contributed by atoms with Crippen LogP contribution in [0.4, 0.5) is 0 Å². The first-order chi connectivity index (χ1) is 7.36. The molecule has 2 heteroatoms. The van der Waals surface area contributed by atoms with Gasteiger partial charge in [0.05, 0.1) is 6.26 Å². The van der Waals surface area contributed by atoms with E-state index in [1.54, 1.807) is 0 Å². The van der Waals surface area contributed by atoms with Crippen LogP contribution in [-0.2, 0) is 6.42 Å². The summed E-state index contributed by atoms with van der Waals surface area (Å²) in [5, 5.41) is 3.60. The van der Waals surface area contributed by atoms with Crippen LogP contribution in [0.2, 0.25) is 0 Å². The summed E-state index contributed by atoms with van der Waals surface area (Å²) in [4.78, 5) is 0. The van der Waals surface area contributed by atoms with Crippen LogP contribution in [0.3, 0.4) is 0 Å². The van der Waals surface area contributed by atoms with Crippen LogP contribution in [-0.4, -0.2) is 6.54 Å². The van der Waals surface area contributed by atoms with Gasteiger partial charge in [-0.2, -0.15) is 0 Å². The van der Waals surface area contributed by atoms with Crippen LogP contribution >= 0.6 is 0 Å². The first kappa shape index (κ1) is 10.7. The van der Waals surface area contributed by atoms with Crippen LogP contribution in [0, 0.1) is 5.92 Å². The van der Waals surface area contributed by atoms with Crippen molar-refractivity contribution in [1.29, 1.82) is 0 Å². The standard InChI is InChI=1S/C13H21NO/c1-3-12-11(8-9-15-12)13(14-4-2)10-6-5-7-10/h8-10,13-14H,3-7H2,1-2H3. The summed E-state index contributed by atoms with van der Waals surface area (Å²) in [6.07, 6.45) is 6.96. The molecule has 15 heavy (non-hydrogen) atoms. The van der Waals surface area contributed by atoms with Crippen molar-refractivity contribution in [1.82, 2.24) is 5.32 Å². The van der Waals surface area contributed by atoms with Gasteiger partial charge in [-0.05, 0) is 31.4 Å². The Morgan fingerprint density at radius 2 is 2.27 bits per heavy atom. The third kappa shape index (κ3) is 2.10. The fourth-order valence-electron chi connectivity index (χ4n) is 2.44. The quantitative estimate of drug-likeness (QED) is 0.801. The van der Waals surface area contributed by atoms with E-state index in [4.69, 9.17) is 4.42 Å². The summed E-state index contributed by atoms with van der Waals surface area (Å²) in [6, 6.07) is 2.67. The third-order valence-electron chi connectivity index (χ3n) is 3.48. The monoisotopic (exact) mass is 207 g/mol. The number of aryl methyl sites for hydroxylation is 1. The molecule has 1 saturated carbocycles. The zero-order valence-electron chi connectivity index (χ0n) is 9.75. The molecule has 0 spiro atoms. The van der Waals surface area contributed by atoms with E-state index in [0.717, 1.165) is 24.6 Å². The van der Waals surface area contributed by atoms with E-state index in [9.17, 15) is 0 Å². The molecule has 1 atom stereocenters. The maximum atomic E-state index is 5.52. The molecule has 1 aliphatic carbocycles. The molecule has 1 N–H and O–H groups in total. The predicted molar refractivity (Wildman–Crippen MR) is 61.8 cm³/mol. The summed E-state index contributed by atoms with van der Waals surface area (Å²) >= 11 is 0. The van der Waals surface area contributed by atoms with Gasteiger partial charge in [-0.3, -0.25) is 0 Å². The Labute approximate surface area is 92.1 Å². The molecule has 0 bridgehead atoms. The Morgan fingerprint density at radius 3 is 2.80 bits per heavy atom. The van der Waals surface area contributed by atoms with Crippen molar-refractivity contribution in [3.63, 3.8) is 0 Å². The molecule has 0 aromatic carbocycles. The molecule has 1 unspecified atom stereocenters. The summed E-state index contributed by atoms with van der Waals surface area (Å²) < 4.78 is 5.52. The largest absolute Gasteiger partial charge is 0.469 e. The van der Waals surface area contributed by atoms with Crippen LogP contribution < -0.4 is 5.32 Å². The SMILES string of the molecule is CCNC(c1ccoc1CC)C1CCC1. The molecule has 0 saturated heterocycles. The molecular formula is C13H21NO. The number of rotatable bonds is 5. The highest BCUT2D eigenvalue weighted by atomic mass is 16.3. The van der Waals surface area contributed by atoms with E-state index in [0.29, 0.717) is 6.04 Å². The van der Waals surface area contributed by atoms with Crippen molar-refractivity contribution < 1.29 is 4.42 Å². The topological polar surface area (TPSA) is 25.2 Å². The van der Waals surface area contributed by atoms with E-state index >= 15 is 0 Å². The van der Waals surface area contributed by atoms with Gasteiger partial charge in [0.25, 0.3) is 0 Å². The van der Waals surface area contributed by atoms with Crippen LogP contribution in [0.5, 0.6) is 0 Å². The first-order valence-electron chi connectivity index (χ1n) is 6.16. The summed E-state index contributed by atoms with van der Waals surface area (Å²) in [5.74, 6) is 1.99. The van der Waals surface area contributed by atoms with E-state index in [1.165, 1.54) is 24.8 Å². The fraction of sp³-hybridized carbons (Fsp3) is 0.692. The molecule has 2 rings (SSSR count). The number of furan rings is 1. The van der Waals surface area contributed by atoms with Gasteiger partial charge in [-0.15, -0.1) is 0 Å². The van der Waals surface area contributed by atoms with Gasteiger partial charge in [0, 0.05) is 18.0 Å². The lowest BCUT2D eigenvalue weighted by atomic mass is 9.77. The minimum atomic E-state index is 0.525. The van der Waals surface area contributed by atoms with Crippen molar-refractivity contribution in [3.05, 3.63) is 23.7 Å². The Bertz CT molecular complexity index is 301. The van der Waals surface area contributed by atoms with Crippen LogP contribution in [0.1, 0.15) is 50.5 Å². The lowest BCUT2D eigenvalue weighted by Gasteiger charge is -2.34. The maximum absolute atomic E-state index is 5.52. The minimum absolute atomic E-state index is 0.525. The second-order valence-electron chi connectivity index (χ2n) is 4.38. The highest BCUT2D eigenvalue weighted by molar-refractivity contribution is 5.23. The van der Waals surface area contributed by atoms with Crippen molar-refractivity contribution in [2.24, 2.45) is 5.92 Å². The van der Waals surface area contributed by atoms with Gasteiger partial charge in [-0.1, -0.05) is 20.3 Å². The second-order valence-corrected chi connectivity index (χ2v) is 4.38. The molecule has 0 radical (unpaired) electrons. The number of nitrogens with one attached hydrogen (secondary N) is 1. The summed E-state index contributed by atoms with van der Waals surface area (Å²) in [5.41, 5.74) is 1.39. The summed E-state index contributed by atoms with van der Waals surface area (Å²) in [6.45, 7) is 5.37. The molecular weight excluding hydrogens is 186 g/mol. The first-order valence-corrected chi connectivity index (χ1v) is 6.16. The molecule has 0 aliphatic heterocycles. The van der Waals surface area contributed by atoms with Crippen molar-refractivity contribution in [2.75, 3.05) is 6.54 Å². The molecule has 84 valence electrons. The van der Waals surface area contributed by atoms with Gasteiger partial charge >= 0.3 is 0 Å². The zero-order valence-corrected chi connectivity index (χ0v) is 9.75. The van der Waals surface area contributed by atoms with Crippen molar-refractivity contribution in [3.8, 4) is 0 Å². The average Bonchev–Trinajstić information content (AvgIpc) is 2.61. The molecule has 1 aliphatic rings.